The first kappa shape index (κ1) is 19.0. The highest BCUT2D eigenvalue weighted by molar-refractivity contribution is 14.0. The molecule has 1 heterocycles. The molecule has 1 aliphatic carbocycles. The number of nitrogens with one attached hydrogen (secondary N) is 1. The summed E-state index contributed by atoms with van der Waals surface area (Å²) in [6, 6.07) is 0. The molecule has 6 heteroatoms. The SMILES string of the molecule is CCNC(=NCCOCCOC)N1CCC2(CCC2)C1.I. The van der Waals surface area contributed by atoms with Crippen molar-refractivity contribution in [3.63, 3.8) is 0 Å². The third-order valence-electron chi connectivity index (χ3n) is 4.42. The normalized spacial score (nSPS) is 20.3. The van der Waals surface area contributed by atoms with Gasteiger partial charge in [-0.25, -0.2) is 0 Å². The van der Waals surface area contributed by atoms with Gasteiger partial charge in [-0.15, -0.1) is 24.0 Å². The molecule has 0 aromatic heterocycles. The van der Waals surface area contributed by atoms with Gasteiger partial charge in [0.25, 0.3) is 0 Å². The van der Waals surface area contributed by atoms with E-state index in [1.165, 1.54) is 32.2 Å². The molecule has 1 saturated heterocycles. The van der Waals surface area contributed by atoms with E-state index in [0.717, 1.165) is 25.6 Å². The van der Waals surface area contributed by atoms with Crippen LogP contribution in [0.3, 0.4) is 0 Å². The Morgan fingerprint density at radius 2 is 2.05 bits per heavy atom. The number of nitrogens with zero attached hydrogens (tertiary/aromatic N) is 2. The predicted octanol–water partition coefficient (Wildman–Crippen LogP) is 2.11. The molecule has 0 bridgehead atoms. The number of methoxy groups -OCH3 is 1. The second-order valence-electron chi connectivity index (χ2n) is 5.87. The van der Waals surface area contributed by atoms with E-state index in [0.29, 0.717) is 25.2 Å². The highest BCUT2D eigenvalue weighted by Gasteiger charge is 2.43. The lowest BCUT2D eigenvalue weighted by Gasteiger charge is -2.38. The van der Waals surface area contributed by atoms with E-state index in [-0.39, 0.29) is 24.0 Å². The van der Waals surface area contributed by atoms with Crippen molar-refractivity contribution in [2.75, 3.05) is 53.1 Å². The van der Waals surface area contributed by atoms with E-state index in [2.05, 4.69) is 22.1 Å². The summed E-state index contributed by atoms with van der Waals surface area (Å²) in [4.78, 5) is 7.11. The topological polar surface area (TPSA) is 46.1 Å². The molecule has 2 aliphatic rings. The Hall–Kier alpha value is -0.0800. The average Bonchev–Trinajstić information content (AvgIpc) is 2.87. The lowest BCUT2D eigenvalue weighted by atomic mass is 9.68. The third kappa shape index (κ3) is 5.56. The number of aliphatic imine (C=N–C) groups is 1. The van der Waals surface area contributed by atoms with Gasteiger partial charge in [-0.05, 0) is 31.6 Å². The minimum Gasteiger partial charge on any atom is -0.382 e. The number of hydrogen-bond donors (Lipinski definition) is 1. The summed E-state index contributed by atoms with van der Waals surface area (Å²) < 4.78 is 10.4. The van der Waals surface area contributed by atoms with Gasteiger partial charge in [-0.3, -0.25) is 4.99 Å². The molecule has 21 heavy (non-hydrogen) atoms. The van der Waals surface area contributed by atoms with E-state index in [1.54, 1.807) is 7.11 Å². The van der Waals surface area contributed by atoms with Crippen molar-refractivity contribution < 1.29 is 9.47 Å². The zero-order chi connectivity index (χ0) is 14.3. The lowest BCUT2D eigenvalue weighted by molar-refractivity contribution is 0.0747. The molecule has 2 rings (SSSR count). The first-order valence-corrected chi connectivity index (χ1v) is 7.90. The second kappa shape index (κ2) is 9.84. The quantitative estimate of drug-likeness (QED) is 0.302. The van der Waals surface area contributed by atoms with E-state index in [4.69, 9.17) is 9.47 Å². The molecule has 1 N–H and O–H groups in total. The van der Waals surface area contributed by atoms with Gasteiger partial charge in [0.05, 0.1) is 26.4 Å². The van der Waals surface area contributed by atoms with Crippen LogP contribution in [0.1, 0.15) is 32.6 Å². The minimum atomic E-state index is 0. The Bertz CT molecular complexity index is 322. The van der Waals surface area contributed by atoms with Crippen LogP contribution in [0.5, 0.6) is 0 Å². The Balaban J connectivity index is 0.00000220. The van der Waals surface area contributed by atoms with Crippen molar-refractivity contribution in [2.45, 2.75) is 32.6 Å². The Morgan fingerprint density at radius 3 is 2.62 bits per heavy atom. The third-order valence-corrected chi connectivity index (χ3v) is 4.42. The fourth-order valence-corrected chi connectivity index (χ4v) is 3.09. The van der Waals surface area contributed by atoms with Crippen LogP contribution in [-0.4, -0.2) is 64.0 Å². The van der Waals surface area contributed by atoms with Gasteiger partial charge in [0.15, 0.2) is 5.96 Å². The molecule has 2 fully saturated rings. The summed E-state index contributed by atoms with van der Waals surface area (Å²) in [5.41, 5.74) is 0.616. The van der Waals surface area contributed by atoms with Crippen molar-refractivity contribution in [1.29, 1.82) is 0 Å². The molecule has 1 saturated carbocycles. The van der Waals surface area contributed by atoms with Crippen LogP contribution in [0.25, 0.3) is 0 Å². The molecule has 0 radical (unpaired) electrons. The molecule has 0 unspecified atom stereocenters. The fraction of sp³-hybridized carbons (Fsp3) is 0.933. The Kier molecular flexibility index (Phi) is 8.89. The zero-order valence-corrected chi connectivity index (χ0v) is 15.7. The number of halogens is 1. The van der Waals surface area contributed by atoms with Crippen LogP contribution in [0.4, 0.5) is 0 Å². The maximum absolute atomic E-state index is 5.46. The number of guanidine groups is 1. The van der Waals surface area contributed by atoms with Gasteiger partial charge in [0.1, 0.15) is 0 Å². The second-order valence-corrected chi connectivity index (χ2v) is 5.87. The van der Waals surface area contributed by atoms with E-state index in [1.807, 2.05) is 0 Å². The van der Waals surface area contributed by atoms with Crippen LogP contribution < -0.4 is 5.32 Å². The van der Waals surface area contributed by atoms with Gasteiger partial charge in [0, 0.05) is 26.7 Å². The molecule has 0 aromatic carbocycles. The van der Waals surface area contributed by atoms with Crippen molar-refractivity contribution >= 4 is 29.9 Å². The first-order valence-electron chi connectivity index (χ1n) is 7.90. The predicted molar refractivity (Wildman–Crippen MR) is 96.6 cm³/mol. The minimum absolute atomic E-state index is 0. The standard InChI is InChI=1S/C15H29N3O2.HI/c1-3-16-14(17-8-10-20-12-11-19-2)18-9-7-15(13-18)5-4-6-15;/h3-13H2,1-2H3,(H,16,17);1H. The molecule has 124 valence electrons. The molecule has 1 spiro atoms. The van der Waals surface area contributed by atoms with Gasteiger partial charge >= 0.3 is 0 Å². The summed E-state index contributed by atoms with van der Waals surface area (Å²) in [5, 5.41) is 3.41. The summed E-state index contributed by atoms with van der Waals surface area (Å²) in [7, 11) is 1.69. The van der Waals surface area contributed by atoms with Gasteiger partial charge < -0.3 is 19.7 Å². The molecular weight excluding hydrogens is 381 g/mol. The van der Waals surface area contributed by atoms with E-state index < -0.39 is 0 Å². The largest absolute Gasteiger partial charge is 0.382 e. The Morgan fingerprint density at radius 1 is 1.24 bits per heavy atom. The van der Waals surface area contributed by atoms with Gasteiger partial charge in [-0.1, -0.05) is 6.42 Å². The summed E-state index contributed by atoms with van der Waals surface area (Å²) >= 11 is 0. The maximum Gasteiger partial charge on any atom is 0.194 e. The first-order chi connectivity index (χ1) is 9.79. The van der Waals surface area contributed by atoms with Gasteiger partial charge in [-0.2, -0.15) is 0 Å². The number of hydrogen-bond acceptors (Lipinski definition) is 3. The maximum atomic E-state index is 5.46. The van der Waals surface area contributed by atoms with E-state index in [9.17, 15) is 0 Å². The summed E-state index contributed by atoms with van der Waals surface area (Å²) in [6.07, 6.45) is 5.56. The van der Waals surface area contributed by atoms with Crippen LogP contribution in [0, 0.1) is 5.41 Å². The molecule has 5 nitrogen and oxygen atoms in total. The molecule has 0 atom stereocenters. The van der Waals surface area contributed by atoms with Crippen molar-refractivity contribution in [3.8, 4) is 0 Å². The van der Waals surface area contributed by atoms with Crippen LogP contribution in [-0.2, 0) is 9.47 Å². The monoisotopic (exact) mass is 411 g/mol. The van der Waals surface area contributed by atoms with Crippen LogP contribution in [0.15, 0.2) is 4.99 Å². The van der Waals surface area contributed by atoms with Gasteiger partial charge in [0.2, 0.25) is 0 Å². The lowest BCUT2D eigenvalue weighted by Crippen LogP contribution is -2.42. The van der Waals surface area contributed by atoms with Crippen molar-refractivity contribution in [2.24, 2.45) is 10.4 Å². The Labute approximate surface area is 145 Å². The highest BCUT2D eigenvalue weighted by atomic mass is 127. The van der Waals surface area contributed by atoms with E-state index >= 15 is 0 Å². The summed E-state index contributed by atoms with van der Waals surface area (Å²) in [5.74, 6) is 1.06. The fourth-order valence-electron chi connectivity index (χ4n) is 3.09. The summed E-state index contributed by atoms with van der Waals surface area (Å²) in [6.45, 7) is 8.06. The van der Waals surface area contributed by atoms with Crippen LogP contribution in [0.2, 0.25) is 0 Å². The number of rotatable bonds is 7. The number of likely N-dealkylation sites (tertiary alicyclic amines) is 1. The molecule has 0 amide bonds. The zero-order valence-electron chi connectivity index (χ0n) is 13.4. The van der Waals surface area contributed by atoms with Crippen LogP contribution >= 0.6 is 24.0 Å². The average molecular weight is 411 g/mol. The highest BCUT2D eigenvalue weighted by Crippen LogP contribution is 2.47. The molecule has 0 aromatic rings. The molecule has 1 aliphatic heterocycles. The molecular formula is C15H30IN3O2. The van der Waals surface area contributed by atoms with Crippen molar-refractivity contribution in [3.05, 3.63) is 0 Å². The van der Waals surface area contributed by atoms with Crippen molar-refractivity contribution in [1.82, 2.24) is 10.2 Å². The smallest absolute Gasteiger partial charge is 0.194 e. The number of ether oxygens (including phenoxy) is 2.